The SMILES string of the molecule is CC(C)c1cccc(Oc2cncnc2)c1C(N)=O. The summed E-state index contributed by atoms with van der Waals surface area (Å²) >= 11 is 0. The lowest BCUT2D eigenvalue weighted by Crippen LogP contribution is -2.15. The van der Waals surface area contributed by atoms with Gasteiger partial charge in [-0.2, -0.15) is 0 Å². The summed E-state index contributed by atoms with van der Waals surface area (Å²) in [6, 6.07) is 5.42. The molecule has 1 aromatic heterocycles. The molecule has 2 aromatic rings. The summed E-state index contributed by atoms with van der Waals surface area (Å²) < 4.78 is 5.64. The van der Waals surface area contributed by atoms with Gasteiger partial charge in [0.25, 0.3) is 5.91 Å². The lowest BCUT2D eigenvalue weighted by atomic mass is 9.96. The molecule has 0 atom stereocenters. The van der Waals surface area contributed by atoms with E-state index in [0.29, 0.717) is 17.1 Å². The molecule has 0 aliphatic carbocycles. The van der Waals surface area contributed by atoms with E-state index in [1.54, 1.807) is 6.07 Å². The first-order chi connectivity index (χ1) is 9.09. The van der Waals surface area contributed by atoms with Crippen LogP contribution in [0.15, 0.2) is 36.9 Å². The molecule has 19 heavy (non-hydrogen) atoms. The maximum Gasteiger partial charge on any atom is 0.252 e. The third-order valence-electron chi connectivity index (χ3n) is 2.69. The van der Waals surface area contributed by atoms with Gasteiger partial charge in [0.2, 0.25) is 0 Å². The first-order valence-corrected chi connectivity index (χ1v) is 5.95. The summed E-state index contributed by atoms with van der Waals surface area (Å²) in [4.78, 5) is 19.4. The van der Waals surface area contributed by atoms with Gasteiger partial charge in [-0.1, -0.05) is 26.0 Å². The van der Waals surface area contributed by atoms with Crippen molar-refractivity contribution in [2.24, 2.45) is 5.73 Å². The van der Waals surface area contributed by atoms with Crippen LogP contribution in [-0.4, -0.2) is 15.9 Å². The lowest BCUT2D eigenvalue weighted by Gasteiger charge is -2.14. The van der Waals surface area contributed by atoms with E-state index in [1.807, 2.05) is 26.0 Å². The highest BCUT2D eigenvalue weighted by Crippen LogP contribution is 2.30. The van der Waals surface area contributed by atoms with Crippen molar-refractivity contribution in [2.75, 3.05) is 0 Å². The second-order valence-electron chi connectivity index (χ2n) is 4.42. The molecule has 0 aliphatic rings. The van der Waals surface area contributed by atoms with Crippen LogP contribution in [-0.2, 0) is 0 Å². The fourth-order valence-corrected chi connectivity index (χ4v) is 1.84. The Morgan fingerprint density at radius 2 is 1.95 bits per heavy atom. The van der Waals surface area contributed by atoms with E-state index in [-0.39, 0.29) is 5.92 Å². The van der Waals surface area contributed by atoms with Crippen molar-refractivity contribution < 1.29 is 9.53 Å². The molecule has 1 aromatic carbocycles. The van der Waals surface area contributed by atoms with Crippen LogP contribution in [0.1, 0.15) is 35.7 Å². The number of hydrogen-bond acceptors (Lipinski definition) is 4. The summed E-state index contributed by atoms with van der Waals surface area (Å²) in [6.45, 7) is 3.99. The molecule has 98 valence electrons. The first kappa shape index (κ1) is 13.0. The minimum absolute atomic E-state index is 0.179. The highest BCUT2D eigenvalue weighted by Gasteiger charge is 2.17. The Balaban J connectivity index is 2.45. The van der Waals surface area contributed by atoms with Gasteiger partial charge >= 0.3 is 0 Å². The van der Waals surface area contributed by atoms with E-state index in [1.165, 1.54) is 18.7 Å². The molecule has 1 amide bonds. The van der Waals surface area contributed by atoms with Crippen LogP contribution in [0.5, 0.6) is 11.5 Å². The zero-order valence-corrected chi connectivity index (χ0v) is 10.8. The van der Waals surface area contributed by atoms with Gasteiger partial charge in [-0.25, -0.2) is 9.97 Å². The predicted octanol–water partition coefficient (Wildman–Crippen LogP) is 2.49. The van der Waals surface area contributed by atoms with Crippen molar-refractivity contribution >= 4 is 5.91 Å². The topological polar surface area (TPSA) is 78.1 Å². The van der Waals surface area contributed by atoms with Crippen LogP contribution in [0.2, 0.25) is 0 Å². The van der Waals surface area contributed by atoms with Crippen LogP contribution in [0.25, 0.3) is 0 Å². The van der Waals surface area contributed by atoms with Gasteiger partial charge < -0.3 is 10.5 Å². The summed E-state index contributed by atoms with van der Waals surface area (Å²) in [6.07, 6.45) is 4.46. The summed E-state index contributed by atoms with van der Waals surface area (Å²) in [5.41, 5.74) is 6.72. The number of benzene rings is 1. The number of primary amides is 1. The van der Waals surface area contributed by atoms with Gasteiger partial charge in [0.15, 0.2) is 5.75 Å². The molecule has 2 N–H and O–H groups in total. The fraction of sp³-hybridized carbons (Fsp3) is 0.214. The number of hydrogen-bond donors (Lipinski definition) is 1. The number of amides is 1. The van der Waals surface area contributed by atoms with Gasteiger partial charge in [0, 0.05) is 0 Å². The van der Waals surface area contributed by atoms with Crippen molar-refractivity contribution in [3.05, 3.63) is 48.0 Å². The molecule has 5 heteroatoms. The van der Waals surface area contributed by atoms with Crippen LogP contribution < -0.4 is 10.5 Å². The molecule has 0 fully saturated rings. The Kier molecular flexibility index (Phi) is 3.75. The molecule has 0 bridgehead atoms. The zero-order valence-electron chi connectivity index (χ0n) is 10.8. The van der Waals surface area contributed by atoms with Gasteiger partial charge in [-0.05, 0) is 17.5 Å². The second kappa shape index (κ2) is 5.48. The molecular formula is C14H15N3O2. The van der Waals surface area contributed by atoms with E-state index in [0.717, 1.165) is 5.56 Å². The number of carbonyl (C=O) groups is 1. The number of carbonyl (C=O) groups excluding carboxylic acids is 1. The quantitative estimate of drug-likeness (QED) is 0.912. The van der Waals surface area contributed by atoms with E-state index in [4.69, 9.17) is 10.5 Å². The van der Waals surface area contributed by atoms with Crippen LogP contribution in [0, 0.1) is 0 Å². The second-order valence-corrected chi connectivity index (χ2v) is 4.42. The molecule has 2 rings (SSSR count). The van der Waals surface area contributed by atoms with E-state index in [2.05, 4.69) is 9.97 Å². The molecular weight excluding hydrogens is 242 g/mol. The Morgan fingerprint density at radius 1 is 1.26 bits per heavy atom. The number of nitrogens with two attached hydrogens (primary N) is 1. The molecule has 0 saturated carbocycles. The summed E-state index contributed by atoms with van der Waals surface area (Å²) in [5, 5.41) is 0. The number of nitrogens with zero attached hydrogens (tertiary/aromatic N) is 2. The number of ether oxygens (including phenoxy) is 1. The first-order valence-electron chi connectivity index (χ1n) is 5.95. The summed E-state index contributed by atoms with van der Waals surface area (Å²) in [7, 11) is 0. The lowest BCUT2D eigenvalue weighted by molar-refractivity contribution is 0.0997. The Labute approximate surface area is 111 Å². The van der Waals surface area contributed by atoms with Gasteiger partial charge in [-0.3, -0.25) is 4.79 Å². The largest absolute Gasteiger partial charge is 0.453 e. The third-order valence-corrected chi connectivity index (χ3v) is 2.69. The molecule has 0 radical (unpaired) electrons. The van der Waals surface area contributed by atoms with Crippen molar-refractivity contribution in [3.63, 3.8) is 0 Å². The van der Waals surface area contributed by atoms with Gasteiger partial charge in [0.1, 0.15) is 12.1 Å². The molecule has 5 nitrogen and oxygen atoms in total. The molecule has 0 aliphatic heterocycles. The van der Waals surface area contributed by atoms with Gasteiger partial charge in [0.05, 0.1) is 18.0 Å². The third kappa shape index (κ3) is 2.88. The maximum absolute atomic E-state index is 11.6. The number of aromatic nitrogens is 2. The number of rotatable bonds is 4. The zero-order chi connectivity index (χ0) is 13.8. The van der Waals surface area contributed by atoms with Crippen molar-refractivity contribution in [3.8, 4) is 11.5 Å². The van der Waals surface area contributed by atoms with Crippen LogP contribution in [0.3, 0.4) is 0 Å². The minimum atomic E-state index is -0.504. The highest BCUT2D eigenvalue weighted by atomic mass is 16.5. The van der Waals surface area contributed by atoms with Crippen LogP contribution >= 0.6 is 0 Å². The minimum Gasteiger partial charge on any atom is -0.453 e. The van der Waals surface area contributed by atoms with Crippen LogP contribution in [0.4, 0.5) is 0 Å². The molecule has 0 unspecified atom stereocenters. The highest BCUT2D eigenvalue weighted by molar-refractivity contribution is 5.97. The molecule has 0 spiro atoms. The maximum atomic E-state index is 11.6. The Bertz CT molecular complexity index is 582. The van der Waals surface area contributed by atoms with Crippen molar-refractivity contribution in [1.29, 1.82) is 0 Å². The molecule has 0 saturated heterocycles. The van der Waals surface area contributed by atoms with Gasteiger partial charge in [-0.15, -0.1) is 0 Å². The predicted molar refractivity (Wildman–Crippen MR) is 71.2 cm³/mol. The smallest absolute Gasteiger partial charge is 0.252 e. The van der Waals surface area contributed by atoms with E-state index in [9.17, 15) is 4.79 Å². The standard InChI is InChI=1S/C14H15N3O2/c1-9(2)11-4-3-5-12(13(11)14(15)18)19-10-6-16-8-17-7-10/h3-9H,1-2H3,(H2,15,18). The average Bonchev–Trinajstić information content (AvgIpc) is 2.39. The van der Waals surface area contributed by atoms with Crippen molar-refractivity contribution in [1.82, 2.24) is 9.97 Å². The Hall–Kier alpha value is -2.43. The Morgan fingerprint density at radius 3 is 2.53 bits per heavy atom. The van der Waals surface area contributed by atoms with E-state index < -0.39 is 5.91 Å². The van der Waals surface area contributed by atoms with E-state index >= 15 is 0 Å². The van der Waals surface area contributed by atoms with Crippen molar-refractivity contribution in [2.45, 2.75) is 19.8 Å². The molecule has 1 heterocycles. The monoisotopic (exact) mass is 257 g/mol. The normalized spacial score (nSPS) is 10.5. The summed E-state index contributed by atoms with van der Waals surface area (Å²) in [5.74, 6) is 0.564. The average molecular weight is 257 g/mol. The fourth-order valence-electron chi connectivity index (χ4n) is 1.84.